The molecule has 0 aliphatic carbocycles. The lowest BCUT2D eigenvalue weighted by Crippen LogP contribution is -2.50. The molecule has 1 rings (SSSR count). The Balaban J connectivity index is 2.60. The third-order valence-electron chi connectivity index (χ3n) is 3.36. The molecule has 0 radical (unpaired) electrons. The van der Waals surface area contributed by atoms with Gasteiger partial charge in [-0.3, -0.25) is 9.69 Å². The normalized spacial score (nSPS) is 30.1. The zero-order valence-corrected chi connectivity index (χ0v) is 9.52. The lowest BCUT2D eigenvalue weighted by molar-refractivity contribution is -0.145. The predicted molar refractivity (Wildman–Crippen MR) is 57.7 cm³/mol. The molecule has 1 fully saturated rings. The summed E-state index contributed by atoms with van der Waals surface area (Å²) in [5, 5.41) is 18.8. The number of aliphatic hydroxyl groups excluding tert-OH is 1. The summed E-state index contributed by atoms with van der Waals surface area (Å²) in [5.74, 6) is -0.518. The van der Waals surface area contributed by atoms with Crippen molar-refractivity contribution in [1.82, 2.24) is 4.90 Å². The molecule has 0 amide bonds. The van der Waals surface area contributed by atoms with E-state index in [1.165, 1.54) is 0 Å². The van der Waals surface area contributed by atoms with Crippen molar-refractivity contribution in [1.29, 1.82) is 0 Å². The van der Waals surface area contributed by atoms with Crippen molar-refractivity contribution in [3.63, 3.8) is 0 Å². The maximum atomic E-state index is 11.0. The molecule has 1 heterocycles. The molecule has 0 bridgehead atoms. The van der Waals surface area contributed by atoms with Crippen LogP contribution in [-0.2, 0) is 4.79 Å². The fourth-order valence-electron chi connectivity index (χ4n) is 2.32. The Bertz CT molecular complexity index is 220. The predicted octanol–water partition coefficient (Wildman–Crippen LogP) is 0.942. The average Bonchev–Trinajstić information content (AvgIpc) is 2.21. The molecule has 0 saturated carbocycles. The fourth-order valence-corrected chi connectivity index (χ4v) is 2.32. The van der Waals surface area contributed by atoms with Gasteiger partial charge in [-0.15, -0.1) is 0 Å². The van der Waals surface area contributed by atoms with E-state index in [1.807, 2.05) is 18.7 Å². The van der Waals surface area contributed by atoms with Crippen LogP contribution < -0.4 is 0 Å². The summed E-state index contributed by atoms with van der Waals surface area (Å²) in [6.07, 6.45) is 1.98. The second-order valence-corrected chi connectivity index (χ2v) is 4.28. The number of carboxylic acids is 1. The van der Waals surface area contributed by atoms with Crippen LogP contribution in [0.2, 0.25) is 0 Å². The first kappa shape index (κ1) is 12.5. The first-order chi connectivity index (χ1) is 7.10. The number of aliphatic hydroxyl groups is 1. The Labute approximate surface area is 90.9 Å². The van der Waals surface area contributed by atoms with E-state index >= 15 is 0 Å². The van der Waals surface area contributed by atoms with Gasteiger partial charge in [0.2, 0.25) is 0 Å². The van der Waals surface area contributed by atoms with E-state index in [4.69, 9.17) is 5.11 Å². The highest BCUT2D eigenvalue weighted by atomic mass is 16.4. The van der Waals surface area contributed by atoms with Gasteiger partial charge in [-0.25, -0.2) is 0 Å². The van der Waals surface area contributed by atoms with Crippen LogP contribution in [-0.4, -0.2) is 46.3 Å². The van der Waals surface area contributed by atoms with Crippen molar-refractivity contribution >= 4 is 5.97 Å². The number of piperidine rings is 1. The molecule has 1 saturated heterocycles. The molecule has 0 aromatic heterocycles. The summed E-state index contributed by atoms with van der Waals surface area (Å²) in [4.78, 5) is 13.0. The van der Waals surface area contributed by atoms with Crippen LogP contribution in [0.15, 0.2) is 0 Å². The Morgan fingerprint density at radius 3 is 2.67 bits per heavy atom. The summed E-state index contributed by atoms with van der Waals surface area (Å²) in [5.41, 5.74) is 0. The minimum atomic E-state index is -0.747. The highest BCUT2D eigenvalue weighted by Crippen LogP contribution is 2.22. The van der Waals surface area contributed by atoms with Crippen LogP contribution in [0.4, 0.5) is 0 Å². The zero-order chi connectivity index (χ0) is 11.4. The Hall–Kier alpha value is -0.610. The molecular weight excluding hydrogens is 194 g/mol. The van der Waals surface area contributed by atoms with E-state index in [1.54, 1.807) is 0 Å². The Kier molecular flexibility index (Phi) is 4.54. The molecular formula is C11H21NO3. The minimum Gasteiger partial charge on any atom is -0.480 e. The van der Waals surface area contributed by atoms with Gasteiger partial charge in [0.15, 0.2) is 0 Å². The number of hydrogen-bond acceptors (Lipinski definition) is 3. The van der Waals surface area contributed by atoms with Gasteiger partial charge < -0.3 is 10.2 Å². The summed E-state index contributed by atoms with van der Waals surface area (Å²) < 4.78 is 0. The maximum Gasteiger partial charge on any atom is 0.320 e. The van der Waals surface area contributed by atoms with Crippen LogP contribution >= 0.6 is 0 Å². The number of rotatable bonds is 4. The molecule has 4 nitrogen and oxygen atoms in total. The highest BCUT2D eigenvalue weighted by molar-refractivity contribution is 5.73. The highest BCUT2D eigenvalue weighted by Gasteiger charge is 2.32. The lowest BCUT2D eigenvalue weighted by atomic mass is 9.91. The first-order valence-electron chi connectivity index (χ1n) is 5.75. The van der Waals surface area contributed by atoms with Crippen LogP contribution in [0.5, 0.6) is 0 Å². The lowest BCUT2D eigenvalue weighted by Gasteiger charge is -2.38. The molecule has 0 aromatic rings. The van der Waals surface area contributed by atoms with Crippen molar-refractivity contribution in [2.24, 2.45) is 5.92 Å². The third-order valence-corrected chi connectivity index (χ3v) is 3.36. The van der Waals surface area contributed by atoms with Gasteiger partial charge in [0.1, 0.15) is 6.04 Å². The van der Waals surface area contributed by atoms with Crippen LogP contribution in [0.25, 0.3) is 0 Å². The van der Waals surface area contributed by atoms with Crippen molar-refractivity contribution in [3.8, 4) is 0 Å². The molecule has 0 spiro atoms. The van der Waals surface area contributed by atoms with Crippen LogP contribution in [0.3, 0.4) is 0 Å². The van der Waals surface area contributed by atoms with Gasteiger partial charge in [-0.1, -0.05) is 13.8 Å². The molecule has 88 valence electrons. The van der Waals surface area contributed by atoms with Gasteiger partial charge in [0.25, 0.3) is 0 Å². The molecule has 0 aromatic carbocycles. The fraction of sp³-hybridized carbons (Fsp3) is 0.909. The van der Waals surface area contributed by atoms with Crippen molar-refractivity contribution in [3.05, 3.63) is 0 Å². The number of nitrogens with zero attached hydrogens (tertiary/aromatic N) is 1. The first-order valence-corrected chi connectivity index (χ1v) is 5.75. The molecule has 1 aliphatic rings. The van der Waals surface area contributed by atoms with E-state index in [9.17, 15) is 9.90 Å². The standard InChI is InChI=1S/C11H21NO3/c1-3-8-7-12(6-5-10(8)13)9(4-2)11(14)15/h8-10,13H,3-7H2,1-2H3,(H,14,15)/t8-,9-,10+/m1/s1. The summed E-state index contributed by atoms with van der Waals surface area (Å²) in [6, 6.07) is -0.383. The Morgan fingerprint density at radius 2 is 2.20 bits per heavy atom. The topological polar surface area (TPSA) is 60.8 Å². The van der Waals surface area contributed by atoms with Crippen LogP contribution in [0.1, 0.15) is 33.1 Å². The molecule has 2 N–H and O–H groups in total. The monoisotopic (exact) mass is 215 g/mol. The second kappa shape index (κ2) is 5.47. The maximum absolute atomic E-state index is 11.0. The van der Waals surface area contributed by atoms with Gasteiger partial charge in [-0.2, -0.15) is 0 Å². The van der Waals surface area contributed by atoms with Crippen molar-refractivity contribution in [2.45, 2.75) is 45.3 Å². The van der Waals surface area contributed by atoms with Crippen LogP contribution in [0, 0.1) is 5.92 Å². The minimum absolute atomic E-state index is 0.229. The Morgan fingerprint density at radius 1 is 1.53 bits per heavy atom. The number of carbonyl (C=O) groups is 1. The van der Waals surface area contributed by atoms with Gasteiger partial charge in [0, 0.05) is 13.1 Å². The quantitative estimate of drug-likeness (QED) is 0.732. The number of likely N-dealkylation sites (tertiary alicyclic amines) is 1. The third kappa shape index (κ3) is 2.92. The smallest absolute Gasteiger partial charge is 0.320 e. The molecule has 15 heavy (non-hydrogen) atoms. The molecule has 4 heteroatoms. The van der Waals surface area contributed by atoms with E-state index in [0.29, 0.717) is 25.9 Å². The van der Waals surface area contributed by atoms with Gasteiger partial charge >= 0.3 is 5.97 Å². The van der Waals surface area contributed by atoms with Crippen molar-refractivity contribution in [2.75, 3.05) is 13.1 Å². The number of hydrogen-bond donors (Lipinski definition) is 2. The van der Waals surface area contributed by atoms with Gasteiger partial charge in [0.05, 0.1) is 6.10 Å². The van der Waals surface area contributed by atoms with Crippen molar-refractivity contribution < 1.29 is 15.0 Å². The summed E-state index contributed by atoms with van der Waals surface area (Å²) in [7, 11) is 0. The van der Waals surface area contributed by atoms with E-state index in [-0.39, 0.29) is 18.1 Å². The average molecular weight is 215 g/mol. The molecule has 1 aliphatic heterocycles. The largest absolute Gasteiger partial charge is 0.480 e. The molecule has 0 unspecified atom stereocenters. The number of aliphatic carboxylic acids is 1. The van der Waals surface area contributed by atoms with E-state index < -0.39 is 5.97 Å². The molecule has 3 atom stereocenters. The SMILES string of the molecule is CC[C@@H]1CN([C@H](CC)C(=O)O)CC[C@@H]1O. The second-order valence-electron chi connectivity index (χ2n) is 4.28. The zero-order valence-electron chi connectivity index (χ0n) is 9.52. The summed E-state index contributed by atoms with van der Waals surface area (Å²) in [6.45, 7) is 5.34. The van der Waals surface area contributed by atoms with E-state index in [0.717, 1.165) is 6.42 Å². The van der Waals surface area contributed by atoms with E-state index in [2.05, 4.69) is 0 Å². The number of carboxylic acid groups (broad SMARTS) is 1. The van der Waals surface area contributed by atoms with Gasteiger partial charge in [-0.05, 0) is 25.2 Å². The summed E-state index contributed by atoms with van der Waals surface area (Å²) >= 11 is 0.